The SMILES string of the molecule is COc1ccc(CNC(=O)CCN2C(=O)[C@@H](C)Oc3ccccc32)cc1C(=O)O. The molecule has 3 rings (SSSR count). The van der Waals surface area contributed by atoms with E-state index < -0.39 is 12.1 Å². The van der Waals surface area contributed by atoms with Crippen molar-refractivity contribution < 1.29 is 29.0 Å². The van der Waals surface area contributed by atoms with Gasteiger partial charge in [0, 0.05) is 19.5 Å². The molecule has 2 N–H and O–H groups in total. The van der Waals surface area contributed by atoms with Crippen LogP contribution >= 0.6 is 0 Å². The number of carboxylic acids is 1. The van der Waals surface area contributed by atoms with Crippen LogP contribution in [0.15, 0.2) is 42.5 Å². The number of anilines is 1. The van der Waals surface area contributed by atoms with Crippen molar-refractivity contribution >= 4 is 23.5 Å². The van der Waals surface area contributed by atoms with Gasteiger partial charge in [-0.2, -0.15) is 0 Å². The van der Waals surface area contributed by atoms with Crippen LogP contribution < -0.4 is 19.7 Å². The highest BCUT2D eigenvalue weighted by Gasteiger charge is 2.31. The summed E-state index contributed by atoms with van der Waals surface area (Å²) in [4.78, 5) is 37.6. The third-order valence-corrected chi connectivity index (χ3v) is 4.62. The molecule has 0 saturated heterocycles. The van der Waals surface area contributed by atoms with Gasteiger partial charge in [-0.3, -0.25) is 9.59 Å². The van der Waals surface area contributed by atoms with E-state index in [1.807, 2.05) is 12.1 Å². The predicted molar refractivity (Wildman–Crippen MR) is 105 cm³/mol. The van der Waals surface area contributed by atoms with Crippen LogP contribution in [-0.4, -0.2) is 42.6 Å². The number of carboxylic acid groups (broad SMARTS) is 1. The lowest BCUT2D eigenvalue weighted by molar-refractivity contribution is -0.125. The van der Waals surface area contributed by atoms with Crippen molar-refractivity contribution in [2.75, 3.05) is 18.6 Å². The molecule has 0 spiro atoms. The van der Waals surface area contributed by atoms with E-state index in [1.54, 1.807) is 36.1 Å². The Kier molecular flexibility index (Phi) is 6.01. The van der Waals surface area contributed by atoms with E-state index in [0.717, 1.165) is 0 Å². The van der Waals surface area contributed by atoms with E-state index >= 15 is 0 Å². The molecule has 0 aliphatic carbocycles. The van der Waals surface area contributed by atoms with Crippen LogP contribution in [0.5, 0.6) is 11.5 Å². The second kappa shape index (κ2) is 8.64. The molecule has 1 aliphatic heterocycles. The molecule has 1 aliphatic rings. The number of hydrogen-bond acceptors (Lipinski definition) is 5. The summed E-state index contributed by atoms with van der Waals surface area (Å²) in [6, 6.07) is 11.9. The minimum Gasteiger partial charge on any atom is -0.496 e. The number of carbonyl (C=O) groups excluding carboxylic acids is 2. The molecule has 0 unspecified atom stereocenters. The second-order valence-electron chi connectivity index (χ2n) is 6.58. The van der Waals surface area contributed by atoms with Crippen LogP contribution in [0.1, 0.15) is 29.3 Å². The summed E-state index contributed by atoms with van der Waals surface area (Å²) < 4.78 is 10.6. The summed E-state index contributed by atoms with van der Waals surface area (Å²) in [5, 5.41) is 12.0. The lowest BCUT2D eigenvalue weighted by Crippen LogP contribution is -2.45. The van der Waals surface area contributed by atoms with Gasteiger partial charge in [0.05, 0.1) is 12.8 Å². The van der Waals surface area contributed by atoms with Gasteiger partial charge < -0.3 is 24.8 Å². The largest absolute Gasteiger partial charge is 0.496 e. The zero-order chi connectivity index (χ0) is 21.0. The highest BCUT2D eigenvalue weighted by Crippen LogP contribution is 2.33. The molecule has 2 aromatic rings. The van der Waals surface area contributed by atoms with E-state index in [9.17, 15) is 19.5 Å². The fourth-order valence-corrected chi connectivity index (χ4v) is 3.12. The molecule has 2 amide bonds. The molecule has 0 radical (unpaired) electrons. The molecular weight excluding hydrogens is 376 g/mol. The monoisotopic (exact) mass is 398 g/mol. The molecular formula is C21H22N2O6. The van der Waals surface area contributed by atoms with E-state index in [-0.39, 0.29) is 42.6 Å². The second-order valence-corrected chi connectivity index (χ2v) is 6.58. The predicted octanol–water partition coefficient (Wildman–Crippen LogP) is 2.21. The number of rotatable bonds is 7. The van der Waals surface area contributed by atoms with Crippen molar-refractivity contribution in [1.82, 2.24) is 5.32 Å². The molecule has 1 atom stereocenters. The van der Waals surface area contributed by atoms with Gasteiger partial charge in [-0.25, -0.2) is 4.79 Å². The molecule has 8 heteroatoms. The van der Waals surface area contributed by atoms with Crippen LogP contribution in [0.4, 0.5) is 5.69 Å². The molecule has 0 fully saturated rings. The maximum atomic E-state index is 12.4. The maximum Gasteiger partial charge on any atom is 0.339 e. The molecule has 0 bridgehead atoms. The molecule has 152 valence electrons. The normalized spacial score (nSPS) is 15.3. The number of methoxy groups -OCH3 is 1. The number of ether oxygens (including phenoxy) is 2. The Bertz CT molecular complexity index is 943. The number of aromatic carboxylic acids is 1. The van der Waals surface area contributed by atoms with Crippen molar-refractivity contribution in [3.63, 3.8) is 0 Å². The van der Waals surface area contributed by atoms with Gasteiger partial charge in [-0.05, 0) is 36.8 Å². The first kappa shape index (κ1) is 20.2. The Morgan fingerprint density at radius 1 is 1.24 bits per heavy atom. The average molecular weight is 398 g/mol. The van der Waals surface area contributed by atoms with E-state index in [2.05, 4.69) is 5.32 Å². The van der Waals surface area contributed by atoms with Crippen LogP contribution in [0.25, 0.3) is 0 Å². The number of carbonyl (C=O) groups is 3. The summed E-state index contributed by atoms with van der Waals surface area (Å²) in [6.45, 7) is 2.07. The minimum absolute atomic E-state index is 0.0313. The van der Waals surface area contributed by atoms with Crippen LogP contribution in [0, 0.1) is 0 Å². The Morgan fingerprint density at radius 2 is 2.00 bits per heavy atom. The lowest BCUT2D eigenvalue weighted by Gasteiger charge is -2.32. The summed E-state index contributed by atoms with van der Waals surface area (Å²) in [5.74, 6) is -0.681. The van der Waals surface area contributed by atoms with E-state index in [1.165, 1.54) is 13.2 Å². The molecule has 8 nitrogen and oxygen atoms in total. The standard InChI is InChI=1S/C21H22N2O6/c1-13-20(25)23(16-5-3-4-6-18(16)29-13)10-9-19(24)22-12-14-7-8-17(28-2)15(11-14)21(26)27/h3-8,11,13H,9-10,12H2,1-2H3,(H,22,24)(H,26,27)/t13-/m1/s1. The fraction of sp³-hybridized carbons (Fsp3) is 0.286. The van der Waals surface area contributed by atoms with Gasteiger partial charge in [0.15, 0.2) is 6.10 Å². The van der Waals surface area contributed by atoms with Gasteiger partial charge in [0.25, 0.3) is 5.91 Å². The fourth-order valence-electron chi connectivity index (χ4n) is 3.12. The summed E-state index contributed by atoms with van der Waals surface area (Å²) in [6.07, 6.45) is -0.504. The molecule has 1 heterocycles. The zero-order valence-corrected chi connectivity index (χ0v) is 16.2. The number of amides is 2. The molecule has 0 saturated carbocycles. The van der Waals surface area contributed by atoms with E-state index in [0.29, 0.717) is 17.0 Å². The smallest absolute Gasteiger partial charge is 0.339 e. The number of benzene rings is 2. The number of para-hydroxylation sites is 2. The van der Waals surface area contributed by atoms with Crippen molar-refractivity contribution in [1.29, 1.82) is 0 Å². The van der Waals surface area contributed by atoms with Crippen molar-refractivity contribution in [2.45, 2.75) is 26.0 Å². The highest BCUT2D eigenvalue weighted by atomic mass is 16.5. The summed E-state index contributed by atoms with van der Waals surface area (Å²) in [7, 11) is 1.40. The van der Waals surface area contributed by atoms with Gasteiger partial charge in [-0.15, -0.1) is 0 Å². The first-order valence-corrected chi connectivity index (χ1v) is 9.14. The third kappa shape index (κ3) is 4.48. The Labute approximate surface area is 168 Å². The van der Waals surface area contributed by atoms with Gasteiger partial charge >= 0.3 is 5.97 Å². The number of fused-ring (bicyclic) bond motifs is 1. The maximum absolute atomic E-state index is 12.4. The Balaban J connectivity index is 1.60. The lowest BCUT2D eigenvalue weighted by atomic mass is 10.1. The number of nitrogens with one attached hydrogen (secondary N) is 1. The minimum atomic E-state index is -1.10. The summed E-state index contributed by atoms with van der Waals surface area (Å²) >= 11 is 0. The number of nitrogens with zero attached hydrogens (tertiary/aromatic N) is 1. The summed E-state index contributed by atoms with van der Waals surface area (Å²) in [5.41, 5.74) is 1.31. The van der Waals surface area contributed by atoms with Crippen molar-refractivity contribution in [2.24, 2.45) is 0 Å². The number of hydrogen-bond donors (Lipinski definition) is 2. The van der Waals surface area contributed by atoms with Gasteiger partial charge in [-0.1, -0.05) is 18.2 Å². The third-order valence-electron chi connectivity index (χ3n) is 4.62. The van der Waals surface area contributed by atoms with Crippen LogP contribution in [0.2, 0.25) is 0 Å². The first-order valence-electron chi connectivity index (χ1n) is 9.14. The Hall–Kier alpha value is -3.55. The van der Waals surface area contributed by atoms with Crippen molar-refractivity contribution in [3.05, 3.63) is 53.6 Å². The quantitative estimate of drug-likeness (QED) is 0.741. The average Bonchev–Trinajstić information content (AvgIpc) is 2.72. The van der Waals surface area contributed by atoms with E-state index in [4.69, 9.17) is 9.47 Å². The highest BCUT2D eigenvalue weighted by molar-refractivity contribution is 6.00. The first-order chi connectivity index (χ1) is 13.9. The molecule has 29 heavy (non-hydrogen) atoms. The Morgan fingerprint density at radius 3 is 2.72 bits per heavy atom. The molecule has 0 aromatic heterocycles. The topological polar surface area (TPSA) is 105 Å². The van der Waals surface area contributed by atoms with Crippen LogP contribution in [0.3, 0.4) is 0 Å². The molecule has 2 aromatic carbocycles. The zero-order valence-electron chi connectivity index (χ0n) is 16.2. The van der Waals surface area contributed by atoms with Gasteiger partial charge in [0.2, 0.25) is 5.91 Å². The van der Waals surface area contributed by atoms with Crippen LogP contribution in [-0.2, 0) is 16.1 Å². The van der Waals surface area contributed by atoms with Crippen molar-refractivity contribution in [3.8, 4) is 11.5 Å². The van der Waals surface area contributed by atoms with Gasteiger partial charge in [0.1, 0.15) is 17.1 Å².